The van der Waals surface area contributed by atoms with Crippen LogP contribution in [0.15, 0.2) is 24.3 Å². The summed E-state index contributed by atoms with van der Waals surface area (Å²) in [6, 6.07) is 7.68. The molecule has 0 radical (unpaired) electrons. The van der Waals surface area contributed by atoms with Gasteiger partial charge in [0.2, 0.25) is 0 Å². The van der Waals surface area contributed by atoms with Crippen molar-refractivity contribution in [2.75, 3.05) is 25.6 Å². The lowest BCUT2D eigenvalue weighted by Crippen LogP contribution is -2.34. The Morgan fingerprint density at radius 2 is 2.00 bits per heavy atom. The summed E-state index contributed by atoms with van der Waals surface area (Å²) in [7, 11) is 1.68. The van der Waals surface area contributed by atoms with E-state index in [9.17, 15) is 0 Å². The molecule has 0 aliphatic rings. The molecule has 100 valence electrons. The van der Waals surface area contributed by atoms with Crippen LogP contribution < -0.4 is 15.4 Å². The molecule has 4 nitrogen and oxygen atoms in total. The van der Waals surface area contributed by atoms with Gasteiger partial charge < -0.3 is 20.1 Å². The van der Waals surface area contributed by atoms with Gasteiger partial charge in [0.15, 0.2) is 5.11 Å². The summed E-state index contributed by atoms with van der Waals surface area (Å²) < 4.78 is 10.5. The average Bonchev–Trinajstić information content (AvgIpc) is 2.38. The molecule has 1 aromatic rings. The zero-order chi connectivity index (χ0) is 13.4. The normalized spacial score (nSPS) is 11.7. The minimum atomic E-state index is 0.130. The van der Waals surface area contributed by atoms with E-state index in [-0.39, 0.29) is 6.10 Å². The zero-order valence-corrected chi connectivity index (χ0v) is 11.8. The number of anilines is 1. The highest BCUT2D eigenvalue weighted by atomic mass is 32.1. The van der Waals surface area contributed by atoms with Gasteiger partial charge in [-0.25, -0.2) is 0 Å². The lowest BCUT2D eigenvalue weighted by molar-refractivity contribution is 0.121. The van der Waals surface area contributed by atoms with Gasteiger partial charge in [0.05, 0.1) is 12.7 Å². The molecule has 0 spiro atoms. The summed E-state index contributed by atoms with van der Waals surface area (Å²) in [4.78, 5) is 0. The molecule has 0 aliphatic carbocycles. The van der Waals surface area contributed by atoms with E-state index in [1.165, 1.54) is 0 Å². The van der Waals surface area contributed by atoms with Crippen LogP contribution in [0.25, 0.3) is 0 Å². The molecule has 18 heavy (non-hydrogen) atoms. The molecule has 5 heteroatoms. The summed E-state index contributed by atoms with van der Waals surface area (Å²) in [5.41, 5.74) is 0.932. The Kier molecular flexibility index (Phi) is 6.46. The molecule has 0 aliphatic heterocycles. The van der Waals surface area contributed by atoms with E-state index in [2.05, 4.69) is 10.6 Å². The fourth-order valence-electron chi connectivity index (χ4n) is 1.30. The molecule has 1 unspecified atom stereocenters. The standard InChI is InChI=1S/C13H20N2O2S/c1-4-17-12-7-5-11(6-8-12)15-13(18)14-9-10(2)16-3/h5-8,10H,4,9H2,1-3H3,(H2,14,15,18). The van der Waals surface area contributed by atoms with Crippen molar-refractivity contribution in [2.24, 2.45) is 0 Å². The topological polar surface area (TPSA) is 42.5 Å². The van der Waals surface area contributed by atoms with Gasteiger partial charge in [-0.15, -0.1) is 0 Å². The first kappa shape index (κ1) is 14.7. The summed E-state index contributed by atoms with van der Waals surface area (Å²) >= 11 is 5.18. The van der Waals surface area contributed by atoms with Gasteiger partial charge in [0.1, 0.15) is 5.75 Å². The third kappa shape index (κ3) is 5.33. The zero-order valence-electron chi connectivity index (χ0n) is 11.0. The average molecular weight is 268 g/mol. The van der Waals surface area contributed by atoms with Crippen LogP contribution in [-0.4, -0.2) is 31.5 Å². The van der Waals surface area contributed by atoms with Crippen molar-refractivity contribution in [1.82, 2.24) is 5.32 Å². The van der Waals surface area contributed by atoms with Crippen molar-refractivity contribution < 1.29 is 9.47 Å². The first-order valence-corrected chi connectivity index (χ1v) is 6.37. The Morgan fingerprint density at radius 3 is 2.56 bits per heavy atom. The van der Waals surface area contributed by atoms with E-state index in [0.29, 0.717) is 18.3 Å². The van der Waals surface area contributed by atoms with Crippen molar-refractivity contribution in [2.45, 2.75) is 20.0 Å². The second kappa shape index (κ2) is 7.89. The molecule has 1 rings (SSSR count). The predicted octanol–water partition coefficient (Wildman–Crippen LogP) is 2.41. The Hall–Kier alpha value is -1.33. The van der Waals surface area contributed by atoms with Crippen LogP contribution in [0.5, 0.6) is 5.75 Å². The van der Waals surface area contributed by atoms with Gasteiger partial charge in [0, 0.05) is 19.3 Å². The quantitative estimate of drug-likeness (QED) is 0.776. The number of hydrogen-bond donors (Lipinski definition) is 2. The fourth-order valence-corrected chi connectivity index (χ4v) is 1.50. The molecule has 0 saturated carbocycles. The van der Waals surface area contributed by atoms with Crippen LogP contribution in [0.4, 0.5) is 5.69 Å². The van der Waals surface area contributed by atoms with E-state index in [1.807, 2.05) is 38.1 Å². The molecule has 1 atom stereocenters. The van der Waals surface area contributed by atoms with Crippen LogP contribution in [-0.2, 0) is 4.74 Å². The number of benzene rings is 1. The number of hydrogen-bond acceptors (Lipinski definition) is 3. The monoisotopic (exact) mass is 268 g/mol. The largest absolute Gasteiger partial charge is 0.494 e. The molecular formula is C13H20N2O2S. The van der Waals surface area contributed by atoms with Crippen LogP contribution >= 0.6 is 12.2 Å². The lowest BCUT2D eigenvalue weighted by atomic mass is 10.3. The highest BCUT2D eigenvalue weighted by Crippen LogP contribution is 2.15. The number of rotatable bonds is 6. The maximum atomic E-state index is 5.37. The fraction of sp³-hybridized carbons (Fsp3) is 0.462. The first-order chi connectivity index (χ1) is 8.65. The number of nitrogens with one attached hydrogen (secondary N) is 2. The number of thiocarbonyl (C=S) groups is 1. The summed E-state index contributed by atoms with van der Waals surface area (Å²) in [5.74, 6) is 0.856. The van der Waals surface area contributed by atoms with Crippen molar-refractivity contribution in [1.29, 1.82) is 0 Å². The van der Waals surface area contributed by atoms with E-state index in [4.69, 9.17) is 21.7 Å². The van der Waals surface area contributed by atoms with Crippen molar-refractivity contribution in [3.8, 4) is 5.75 Å². The van der Waals surface area contributed by atoms with Crippen LogP contribution in [0.2, 0.25) is 0 Å². The van der Waals surface area contributed by atoms with Crippen LogP contribution in [0, 0.1) is 0 Å². The molecule has 1 aromatic carbocycles. The molecule has 0 fully saturated rings. The van der Waals surface area contributed by atoms with E-state index in [1.54, 1.807) is 7.11 Å². The van der Waals surface area contributed by atoms with Crippen LogP contribution in [0.1, 0.15) is 13.8 Å². The minimum Gasteiger partial charge on any atom is -0.494 e. The van der Waals surface area contributed by atoms with Gasteiger partial charge in [-0.05, 0) is 50.3 Å². The van der Waals surface area contributed by atoms with Gasteiger partial charge in [-0.1, -0.05) is 0 Å². The highest BCUT2D eigenvalue weighted by molar-refractivity contribution is 7.80. The minimum absolute atomic E-state index is 0.130. The van der Waals surface area contributed by atoms with E-state index in [0.717, 1.165) is 11.4 Å². The second-order valence-electron chi connectivity index (χ2n) is 3.84. The van der Waals surface area contributed by atoms with Crippen molar-refractivity contribution >= 4 is 23.0 Å². The van der Waals surface area contributed by atoms with Gasteiger partial charge >= 0.3 is 0 Å². The SMILES string of the molecule is CCOc1ccc(NC(=S)NCC(C)OC)cc1. The smallest absolute Gasteiger partial charge is 0.170 e. The highest BCUT2D eigenvalue weighted by Gasteiger charge is 2.01. The molecule has 2 N–H and O–H groups in total. The van der Waals surface area contributed by atoms with Gasteiger partial charge in [0.25, 0.3) is 0 Å². The Bertz CT molecular complexity index is 368. The maximum absolute atomic E-state index is 5.37. The van der Waals surface area contributed by atoms with Crippen molar-refractivity contribution in [3.05, 3.63) is 24.3 Å². The molecule has 0 saturated heterocycles. The second-order valence-corrected chi connectivity index (χ2v) is 4.25. The summed E-state index contributed by atoms with van der Waals surface area (Å²) in [6.07, 6.45) is 0.130. The maximum Gasteiger partial charge on any atom is 0.170 e. The molecule has 0 amide bonds. The van der Waals surface area contributed by atoms with E-state index >= 15 is 0 Å². The van der Waals surface area contributed by atoms with Gasteiger partial charge in [-0.3, -0.25) is 0 Å². The van der Waals surface area contributed by atoms with Crippen LogP contribution in [0.3, 0.4) is 0 Å². The summed E-state index contributed by atoms with van der Waals surface area (Å²) in [5, 5.41) is 6.77. The number of ether oxygens (including phenoxy) is 2. The third-order valence-electron chi connectivity index (χ3n) is 2.38. The molecule has 0 heterocycles. The molecule has 0 aromatic heterocycles. The number of methoxy groups -OCH3 is 1. The Labute approximate surface area is 114 Å². The lowest BCUT2D eigenvalue weighted by Gasteiger charge is -2.14. The summed E-state index contributed by atoms with van der Waals surface area (Å²) in [6.45, 7) is 5.29. The first-order valence-electron chi connectivity index (χ1n) is 5.96. The third-order valence-corrected chi connectivity index (χ3v) is 2.62. The predicted molar refractivity (Wildman–Crippen MR) is 78.3 cm³/mol. The Morgan fingerprint density at radius 1 is 1.33 bits per heavy atom. The molecular weight excluding hydrogens is 248 g/mol. The Balaban J connectivity index is 2.39. The van der Waals surface area contributed by atoms with Crippen molar-refractivity contribution in [3.63, 3.8) is 0 Å². The molecule has 0 bridgehead atoms. The van der Waals surface area contributed by atoms with Gasteiger partial charge in [-0.2, -0.15) is 0 Å². The van der Waals surface area contributed by atoms with E-state index < -0.39 is 0 Å².